The molecule has 3 rings (SSSR count). The number of nitrogens with one attached hydrogen (secondary N) is 1. The van der Waals surface area contributed by atoms with Crippen molar-refractivity contribution in [3.8, 4) is 0 Å². The van der Waals surface area contributed by atoms with Crippen LogP contribution in [0.15, 0.2) is 28.7 Å². The molecule has 0 saturated heterocycles. The molecule has 0 amide bonds. The largest absolute Gasteiger partial charge is 0.461 e. The fraction of sp³-hybridized carbons (Fsp3) is 0.467. The molecule has 0 fully saturated rings. The molecule has 0 bridgehead atoms. The predicted molar refractivity (Wildman–Crippen MR) is 89.8 cm³/mol. The Balaban J connectivity index is 0.00000176. The summed E-state index contributed by atoms with van der Waals surface area (Å²) in [5.74, 6) is 0.822. The maximum Gasteiger partial charge on any atom is 0.219 e. The van der Waals surface area contributed by atoms with Gasteiger partial charge in [-0.15, -0.1) is 12.4 Å². The van der Waals surface area contributed by atoms with Gasteiger partial charge in [0.25, 0.3) is 0 Å². The van der Waals surface area contributed by atoms with E-state index in [2.05, 4.69) is 4.72 Å². The molecule has 1 aliphatic rings. The van der Waals surface area contributed by atoms with E-state index in [0.717, 1.165) is 35.1 Å². The van der Waals surface area contributed by atoms with Gasteiger partial charge in [-0.25, -0.2) is 13.1 Å². The quantitative estimate of drug-likeness (QED) is 0.866. The van der Waals surface area contributed by atoms with Crippen LogP contribution >= 0.6 is 12.4 Å². The molecular weight excluding hydrogens is 324 g/mol. The maximum atomic E-state index is 12.6. The zero-order chi connectivity index (χ0) is 15.0. The lowest BCUT2D eigenvalue weighted by atomic mass is 9.95. The van der Waals surface area contributed by atoms with Gasteiger partial charge >= 0.3 is 0 Å². The highest BCUT2D eigenvalue weighted by atomic mass is 35.5. The number of fused-ring (bicyclic) bond motifs is 3. The summed E-state index contributed by atoms with van der Waals surface area (Å²) in [6, 6.07) is 7.66. The fourth-order valence-electron chi connectivity index (χ4n) is 2.88. The van der Waals surface area contributed by atoms with Gasteiger partial charge in [0, 0.05) is 17.4 Å². The van der Waals surface area contributed by atoms with E-state index in [1.54, 1.807) is 4.90 Å². The zero-order valence-electron chi connectivity index (χ0n) is 12.7. The normalized spacial score (nSPS) is 18.2. The lowest BCUT2D eigenvalue weighted by Gasteiger charge is -2.23. The number of rotatable bonds is 4. The zero-order valence-corrected chi connectivity index (χ0v) is 14.3. The summed E-state index contributed by atoms with van der Waals surface area (Å²) in [7, 11) is 0.266. The van der Waals surface area contributed by atoms with Gasteiger partial charge in [0.2, 0.25) is 10.0 Å². The van der Waals surface area contributed by atoms with Crippen LogP contribution in [0.4, 0.5) is 0 Å². The number of halogens is 1. The average Bonchev–Trinajstić information content (AvgIpc) is 2.83. The van der Waals surface area contributed by atoms with Gasteiger partial charge in [-0.1, -0.05) is 18.2 Å². The molecule has 0 aliphatic heterocycles. The van der Waals surface area contributed by atoms with E-state index in [1.165, 1.54) is 0 Å². The Kier molecular flexibility index (Phi) is 5.17. The van der Waals surface area contributed by atoms with Gasteiger partial charge in [0.1, 0.15) is 16.6 Å². The number of hydrogen-bond acceptors (Lipinski definition) is 4. The summed E-state index contributed by atoms with van der Waals surface area (Å²) < 4.78 is 33.7. The van der Waals surface area contributed by atoms with Gasteiger partial charge in [-0.2, -0.15) is 0 Å². The van der Waals surface area contributed by atoms with E-state index >= 15 is 0 Å². The van der Waals surface area contributed by atoms with Crippen molar-refractivity contribution in [2.75, 3.05) is 20.8 Å². The van der Waals surface area contributed by atoms with Crippen LogP contribution in [0.5, 0.6) is 0 Å². The van der Waals surface area contributed by atoms with Gasteiger partial charge in [0.15, 0.2) is 0 Å². The summed E-state index contributed by atoms with van der Waals surface area (Å²) >= 11 is 0. The van der Waals surface area contributed by atoms with E-state index < -0.39 is 15.3 Å². The third-order valence-corrected chi connectivity index (χ3v) is 5.61. The number of nitrogens with zero attached hydrogens (tertiary/aromatic N) is 1. The van der Waals surface area contributed by atoms with Gasteiger partial charge in [-0.3, -0.25) is 4.90 Å². The summed E-state index contributed by atoms with van der Waals surface area (Å²) in [5, 5.41) is 0.400. The molecule has 1 aromatic carbocycles. The van der Waals surface area contributed by atoms with E-state index in [4.69, 9.17) is 4.42 Å². The van der Waals surface area contributed by atoms with Crippen molar-refractivity contribution in [3.63, 3.8) is 0 Å². The molecule has 2 aromatic rings. The van der Waals surface area contributed by atoms with Crippen LogP contribution in [0.25, 0.3) is 11.0 Å². The Morgan fingerprint density at radius 1 is 1.32 bits per heavy atom. The molecule has 1 N–H and O–H groups in total. The highest BCUT2D eigenvalue weighted by molar-refractivity contribution is 7.89. The van der Waals surface area contributed by atoms with Crippen LogP contribution in [-0.2, 0) is 16.4 Å². The molecule has 7 heteroatoms. The third kappa shape index (κ3) is 3.15. The number of furan rings is 1. The first kappa shape index (κ1) is 17.3. The van der Waals surface area contributed by atoms with Crippen LogP contribution in [0.2, 0.25) is 0 Å². The lowest BCUT2D eigenvalue weighted by Crippen LogP contribution is -2.37. The van der Waals surface area contributed by atoms with Crippen molar-refractivity contribution in [2.45, 2.75) is 24.5 Å². The molecule has 0 saturated carbocycles. The third-order valence-electron chi connectivity index (χ3n) is 3.86. The summed E-state index contributed by atoms with van der Waals surface area (Å²) in [6.07, 6.45) is 2.28. The number of hydrogen-bond donors (Lipinski definition) is 1. The molecule has 1 aromatic heterocycles. The fourth-order valence-corrected chi connectivity index (χ4v) is 4.56. The highest BCUT2D eigenvalue weighted by Gasteiger charge is 2.35. The first-order valence-corrected chi connectivity index (χ1v) is 8.67. The molecule has 122 valence electrons. The molecule has 5 nitrogen and oxygen atoms in total. The minimum absolute atomic E-state index is 0. The van der Waals surface area contributed by atoms with Crippen molar-refractivity contribution in [1.29, 1.82) is 0 Å². The molecule has 1 heterocycles. The monoisotopic (exact) mass is 344 g/mol. The number of para-hydroxylation sites is 1. The molecule has 0 radical (unpaired) electrons. The van der Waals surface area contributed by atoms with E-state index in [-0.39, 0.29) is 12.4 Å². The Hall–Kier alpha value is -1.08. The number of aryl methyl sites for hydroxylation is 1. The first-order chi connectivity index (χ1) is 9.99. The Morgan fingerprint density at radius 2 is 2.05 bits per heavy atom. The molecule has 1 unspecified atom stereocenters. The van der Waals surface area contributed by atoms with E-state index in [1.807, 2.05) is 38.4 Å². The SMILES string of the molecule is CN(C)CNS(=O)(=O)C1CCCc2oc3ccccc3c21.Cl. The average molecular weight is 345 g/mol. The van der Waals surface area contributed by atoms with Crippen LogP contribution in [0, 0.1) is 0 Å². The predicted octanol–water partition coefficient (Wildman–Crippen LogP) is 2.67. The van der Waals surface area contributed by atoms with Gasteiger partial charge in [-0.05, 0) is 33.0 Å². The van der Waals surface area contributed by atoms with Crippen molar-refractivity contribution in [1.82, 2.24) is 9.62 Å². The number of benzene rings is 1. The van der Waals surface area contributed by atoms with Gasteiger partial charge in [0.05, 0.1) is 6.67 Å². The Bertz CT molecular complexity index is 755. The summed E-state index contributed by atoms with van der Waals surface area (Å²) in [4.78, 5) is 1.80. The molecule has 22 heavy (non-hydrogen) atoms. The standard InChI is InChI=1S/C15H20N2O3S.ClH/c1-17(2)10-16-21(18,19)14-9-5-8-13-15(14)11-6-3-4-7-12(11)20-13;/h3-4,6-7,14,16H,5,8-10H2,1-2H3;1H. The molecule has 0 spiro atoms. The van der Waals surface area contributed by atoms with Crippen molar-refractivity contribution in [2.24, 2.45) is 0 Å². The highest BCUT2D eigenvalue weighted by Crippen LogP contribution is 2.41. The van der Waals surface area contributed by atoms with Crippen LogP contribution < -0.4 is 4.72 Å². The smallest absolute Gasteiger partial charge is 0.219 e. The van der Waals surface area contributed by atoms with Crippen LogP contribution in [-0.4, -0.2) is 34.1 Å². The minimum Gasteiger partial charge on any atom is -0.461 e. The molecular formula is C15H21ClN2O3S. The van der Waals surface area contributed by atoms with Crippen molar-refractivity contribution < 1.29 is 12.8 Å². The summed E-state index contributed by atoms with van der Waals surface area (Å²) in [6.45, 7) is 0.309. The van der Waals surface area contributed by atoms with E-state index in [9.17, 15) is 8.42 Å². The number of sulfonamides is 1. The molecule has 1 atom stereocenters. The lowest BCUT2D eigenvalue weighted by molar-refractivity contribution is 0.396. The Morgan fingerprint density at radius 3 is 2.77 bits per heavy atom. The van der Waals surface area contributed by atoms with Gasteiger partial charge < -0.3 is 4.42 Å². The maximum absolute atomic E-state index is 12.6. The van der Waals surface area contributed by atoms with Crippen molar-refractivity contribution in [3.05, 3.63) is 35.6 Å². The second kappa shape index (κ2) is 6.58. The minimum atomic E-state index is -3.40. The first-order valence-electron chi connectivity index (χ1n) is 7.12. The second-order valence-electron chi connectivity index (χ2n) is 5.74. The topological polar surface area (TPSA) is 62.6 Å². The molecule has 1 aliphatic carbocycles. The second-order valence-corrected chi connectivity index (χ2v) is 7.69. The Labute approximate surface area is 137 Å². The van der Waals surface area contributed by atoms with Crippen LogP contribution in [0.3, 0.4) is 0 Å². The van der Waals surface area contributed by atoms with Crippen LogP contribution in [0.1, 0.15) is 29.4 Å². The van der Waals surface area contributed by atoms with Crippen molar-refractivity contribution >= 4 is 33.4 Å². The summed E-state index contributed by atoms with van der Waals surface area (Å²) in [5.41, 5.74) is 1.63. The van der Waals surface area contributed by atoms with E-state index in [0.29, 0.717) is 13.1 Å².